The van der Waals surface area contributed by atoms with Crippen LogP contribution in [-0.2, 0) is 6.18 Å². The predicted molar refractivity (Wildman–Crippen MR) is 102 cm³/mol. The summed E-state index contributed by atoms with van der Waals surface area (Å²) >= 11 is 0. The number of alkyl halides is 3. The number of hydrogen-bond acceptors (Lipinski definition) is 5. The van der Waals surface area contributed by atoms with Crippen molar-refractivity contribution in [2.75, 3.05) is 17.2 Å². The van der Waals surface area contributed by atoms with Crippen LogP contribution in [0.25, 0.3) is 5.82 Å². The quantitative estimate of drug-likeness (QED) is 0.672. The zero-order valence-corrected chi connectivity index (χ0v) is 16.0. The van der Waals surface area contributed by atoms with E-state index in [9.17, 15) is 18.0 Å². The zero-order chi connectivity index (χ0) is 21.2. The molecule has 2 N–H and O–H groups in total. The van der Waals surface area contributed by atoms with Gasteiger partial charge in [-0.15, -0.1) is 5.10 Å². The second-order valence-electron chi connectivity index (χ2n) is 6.35. The summed E-state index contributed by atoms with van der Waals surface area (Å²) in [6.07, 6.45) is -1.59. The van der Waals surface area contributed by atoms with E-state index in [1.165, 1.54) is 30.1 Å². The number of rotatable bonds is 5. The summed E-state index contributed by atoms with van der Waals surface area (Å²) in [6.45, 7) is 5.35. The number of nitrogens with zero attached hydrogens (tertiary/aromatic N) is 4. The number of halogens is 3. The summed E-state index contributed by atoms with van der Waals surface area (Å²) in [5, 5.41) is 13.0. The molecular weight excluding hydrogens is 385 g/mol. The molecule has 10 heteroatoms. The Kier molecular flexibility index (Phi) is 5.53. The molecule has 2 aromatic heterocycles. The van der Waals surface area contributed by atoms with Gasteiger partial charge in [-0.3, -0.25) is 4.79 Å². The van der Waals surface area contributed by atoms with Crippen LogP contribution < -0.4 is 10.6 Å². The highest BCUT2D eigenvalue weighted by atomic mass is 19.4. The number of pyridine rings is 1. The molecule has 0 atom stereocenters. The van der Waals surface area contributed by atoms with Crippen molar-refractivity contribution in [1.29, 1.82) is 0 Å². The first-order valence-corrected chi connectivity index (χ1v) is 8.82. The van der Waals surface area contributed by atoms with Crippen LogP contribution in [0.4, 0.5) is 24.5 Å². The lowest BCUT2D eigenvalue weighted by Gasteiger charge is -2.18. The van der Waals surface area contributed by atoms with Crippen molar-refractivity contribution >= 4 is 17.3 Å². The highest BCUT2D eigenvalue weighted by Crippen LogP contribution is 2.37. The molecule has 0 bridgehead atoms. The third-order valence-corrected chi connectivity index (χ3v) is 4.24. The Morgan fingerprint density at radius 2 is 1.97 bits per heavy atom. The fourth-order valence-electron chi connectivity index (χ4n) is 2.87. The van der Waals surface area contributed by atoms with Crippen LogP contribution in [0, 0.1) is 13.8 Å². The third-order valence-electron chi connectivity index (χ3n) is 4.24. The van der Waals surface area contributed by atoms with Crippen molar-refractivity contribution in [3.63, 3.8) is 0 Å². The van der Waals surface area contributed by atoms with E-state index in [-0.39, 0.29) is 22.6 Å². The van der Waals surface area contributed by atoms with Crippen LogP contribution in [0.3, 0.4) is 0 Å². The number of amides is 1. The highest BCUT2D eigenvalue weighted by Gasteiger charge is 2.34. The first-order chi connectivity index (χ1) is 13.7. The summed E-state index contributed by atoms with van der Waals surface area (Å²) in [5.74, 6) is -0.377. The Balaban J connectivity index is 2.01. The second kappa shape index (κ2) is 7.90. The smallest absolute Gasteiger partial charge is 0.385 e. The monoisotopic (exact) mass is 404 g/mol. The van der Waals surface area contributed by atoms with Gasteiger partial charge in [0.2, 0.25) is 0 Å². The minimum Gasteiger partial charge on any atom is -0.385 e. The number of aryl methyl sites for hydroxylation is 1. The molecule has 2 heterocycles. The summed E-state index contributed by atoms with van der Waals surface area (Å²) in [4.78, 5) is 17.1. The maximum absolute atomic E-state index is 13.4. The average molecular weight is 404 g/mol. The molecule has 0 saturated heterocycles. The van der Waals surface area contributed by atoms with Gasteiger partial charge in [0.15, 0.2) is 5.82 Å². The Hall–Kier alpha value is -3.43. The van der Waals surface area contributed by atoms with E-state index in [1.54, 1.807) is 26.0 Å². The van der Waals surface area contributed by atoms with Crippen molar-refractivity contribution in [2.24, 2.45) is 0 Å². The van der Waals surface area contributed by atoms with Crippen LogP contribution in [0.1, 0.15) is 34.1 Å². The molecule has 0 aliphatic carbocycles. The van der Waals surface area contributed by atoms with Crippen molar-refractivity contribution in [3.8, 4) is 5.82 Å². The Morgan fingerprint density at radius 3 is 2.59 bits per heavy atom. The number of carbonyl (C=O) groups excluding carboxylic acids is 1. The van der Waals surface area contributed by atoms with E-state index >= 15 is 0 Å². The summed E-state index contributed by atoms with van der Waals surface area (Å²) in [6, 6.07) is 5.57. The molecule has 0 fully saturated rings. The normalized spacial score (nSPS) is 11.4. The van der Waals surface area contributed by atoms with Gasteiger partial charge < -0.3 is 10.6 Å². The number of aromatic nitrogens is 4. The highest BCUT2D eigenvalue weighted by molar-refractivity contribution is 6.06. The fraction of sp³-hybridized carbons (Fsp3) is 0.263. The molecule has 7 nitrogen and oxygen atoms in total. The van der Waals surface area contributed by atoms with Crippen molar-refractivity contribution in [2.45, 2.75) is 26.9 Å². The molecule has 3 aromatic rings. The van der Waals surface area contributed by atoms with Crippen molar-refractivity contribution in [1.82, 2.24) is 20.0 Å². The topological polar surface area (TPSA) is 84.7 Å². The van der Waals surface area contributed by atoms with Gasteiger partial charge in [-0.2, -0.15) is 13.2 Å². The Morgan fingerprint density at radius 1 is 1.21 bits per heavy atom. The van der Waals surface area contributed by atoms with Gasteiger partial charge >= 0.3 is 6.18 Å². The van der Waals surface area contributed by atoms with Crippen LogP contribution in [0.5, 0.6) is 0 Å². The molecule has 3 rings (SSSR count). The van der Waals surface area contributed by atoms with E-state index in [2.05, 4.69) is 25.9 Å². The molecular formula is C19H19F3N6O. The minimum absolute atomic E-state index is 0.0222. The number of anilines is 2. The lowest BCUT2D eigenvalue weighted by Crippen LogP contribution is -2.18. The summed E-state index contributed by atoms with van der Waals surface area (Å²) < 4.78 is 41.6. The van der Waals surface area contributed by atoms with Gasteiger partial charge in [0.1, 0.15) is 0 Å². The van der Waals surface area contributed by atoms with Crippen LogP contribution in [-0.4, -0.2) is 32.4 Å². The van der Waals surface area contributed by atoms with E-state index in [0.29, 0.717) is 17.9 Å². The third kappa shape index (κ3) is 4.36. The molecule has 29 heavy (non-hydrogen) atoms. The standard InChI is InChI=1S/C19H19F3N6O/c1-4-23-16-10-13(9-15(12(16)3)19(20,21)22)26-18(29)14-6-5-11(2)25-17(14)28-8-7-24-27-28/h5-10,23H,4H2,1-3H3,(H,26,29). The molecule has 0 aliphatic rings. The second-order valence-corrected chi connectivity index (χ2v) is 6.35. The van der Waals surface area contributed by atoms with Crippen molar-refractivity contribution < 1.29 is 18.0 Å². The van der Waals surface area contributed by atoms with Gasteiger partial charge in [0.25, 0.3) is 5.91 Å². The van der Waals surface area contributed by atoms with Gasteiger partial charge in [-0.25, -0.2) is 9.67 Å². The number of benzene rings is 1. The lowest BCUT2D eigenvalue weighted by atomic mass is 10.0. The molecule has 1 aromatic carbocycles. The van der Waals surface area contributed by atoms with E-state index in [0.717, 1.165) is 6.07 Å². The van der Waals surface area contributed by atoms with E-state index in [1.807, 2.05) is 0 Å². The number of nitrogens with one attached hydrogen (secondary N) is 2. The Labute approximate surface area is 165 Å². The zero-order valence-electron chi connectivity index (χ0n) is 16.0. The predicted octanol–water partition coefficient (Wildman–Crippen LogP) is 3.98. The molecule has 152 valence electrons. The molecule has 0 saturated carbocycles. The Bertz CT molecular complexity index is 1030. The van der Waals surface area contributed by atoms with Crippen LogP contribution in [0.2, 0.25) is 0 Å². The van der Waals surface area contributed by atoms with Gasteiger partial charge in [0.05, 0.1) is 23.5 Å². The maximum Gasteiger partial charge on any atom is 0.416 e. The average Bonchev–Trinajstić information content (AvgIpc) is 3.18. The summed E-state index contributed by atoms with van der Waals surface area (Å²) in [7, 11) is 0. The van der Waals surface area contributed by atoms with Crippen LogP contribution in [0.15, 0.2) is 36.7 Å². The van der Waals surface area contributed by atoms with Crippen LogP contribution >= 0.6 is 0 Å². The van der Waals surface area contributed by atoms with Gasteiger partial charge in [-0.1, -0.05) is 5.21 Å². The molecule has 0 unspecified atom stereocenters. The number of carbonyl (C=O) groups is 1. The first-order valence-electron chi connectivity index (χ1n) is 8.82. The lowest BCUT2D eigenvalue weighted by molar-refractivity contribution is -0.138. The molecule has 1 amide bonds. The summed E-state index contributed by atoms with van der Waals surface area (Å²) in [5.41, 5.74) is 0.379. The molecule has 0 aliphatic heterocycles. The first kappa shape index (κ1) is 20.3. The van der Waals surface area contributed by atoms with E-state index in [4.69, 9.17) is 0 Å². The van der Waals surface area contributed by atoms with Gasteiger partial charge in [-0.05, 0) is 50.6 Å². The maximum atomic E-state index is 13.4. The minimum atomic E-state index is -4.55. The van der Waals surface area contributed by atoms with E-state index < -0.39 is 17.6 Å². The fourth-order valence-corrected chi connectivity index (χ4v) is 2.87. The van der Waals surface area contributed by atoms with Gasteiger partial charge in [0, 0.05) is 23.6 Å². The number of hydrogen-bond donors (Lipinski definition) is 2. The SMILES string of the molecule is CCNc1cc(NC(=O)c2ccc(C)nc2-n2ccnn2)cc(C(F)(F)F)c1C. The largest absolute Gasteiger partial charge is 0.416 e. The molecule has 0 radical (unpaired) electrons. The van der Waals surface area contributed by atoms with Crippen molar-refractivity contribution in [3.05, 3.63) is 59.0 Å². The molecule has 0 spiro atoms.